The molecule has 0 aliphatic rings. The molecular weight excluding hydrogens is 318 g/mol. The number of hydrogen-bond acceptors (Lipinski definition) is 6. The van der Waals surface area contributed by atoms with Crippen molar-refractivity contribution in [3.63, 3.8) is 0 Å². The molecule has 0 N–H and O–H groups in total. The van der Waals surface area contributed by atoms with Gasteiger partial charge < -0.3 is 9.47 Å². The van der Waals surface area contributed by atoms with Gasteiger partial charge in [-0.25, -0.2) is 4.79 Å². The highest BCUT2D eigenvalue weighted by atomic mass is 16.5. The van der Waals surface area contributed by atoms with E-state index in [0.717, 1.165) is 5.56 Å². The van der Waals surface area contributed by atoms with Gasteiger partial charge in [-0.05, 0) is 24.3 Å². The fourth-order valence-electron chi connectivity index (χ4n) is 2.17. The fourth-order valence-corrected chi connectivity index (χ4v) is 2.17. The average Bonchev–Trinajstić information content (AvgIpc) is 2.68. The van der Waals surface area contributed by atoms with Gasteiger partial charge in [0.1, 0.15) is 17.5 Å². The summed E-state index contributed by atoms with van der Waals surface area (Å²) in [4.78, 5) is 19.8. The number of nitrogens with zero attached hydrogens (tertiary/aromatic N) is 3. The Kier molecular flexibility index (Phi) is 4.67. The highest BCUT2D eigenvalue weighted by Gasteiger charge is 2.10. The molecule has 0 saturated heterocycles. The molecule has 122 valence electrons. The molecule has 6 heteroatoms. The second-order valence-corrected chi connectivity index (χ2v) is 5.02. The van der Waals surface area contributed by atoms with Crippen LogP contribution in [-0.2, 0) is 4.74 Å². The second-order valence-electron chi connectivity index (χ2n) is 5.02. The molecule has 0 radical (unpaired) electrons. The number of carbonyl (C=O) groups is 1. The molecule has 6 nitrogen and oxygen atoms in total. The molecule has 1 heterocycles. The zero-order valence-corrected chi connectivity index (χ0v) is 13.3. The number of aromatic nitrogens is 2. The van der Waals surface area contributed by atoms with Gasteiger partial charge in [0.25, 0.3) is 0 Å². The number of rotatable bonds is 4. The topological polar surface area (TPSA) is 85.1 Å². The van der Waals surface area contributed by atoms with Crippen molar-refractivity contribution in [3.05, 3.63) is 71.9 Å². The van der Waals surface area contributed by atoms with E-state index in [9.17, 15) is 10.1 Å². The van der Waals surface area contributed by atoms with E-state index in [-0.39, 0.29) is 11.7 Å². The van der Waals surface area contributed by atoms with Crippen molar-refractivity contribution in [2.75, 3.05) is 7.11 Å². The second kappa shape index (κ2) is 7.23. The molecule has 0 amide bonds. The lowest BCUT2D eigenvalue weighted by Crippen LogP contribution is -2.01. The van der Waals surface area contributed by atoms with Gasteiger partial charge >= 0.3 is 12.0 Å². The normalized spacial score (nSPS) is 9.92. The Hall–Kier alpha value is -3.72. The zero-order chi connectivity index (χ0) is 17.6. The van der Waals surface area contributed by atoms with Gasteiger partial charge in [-0.2, -0.15) is 15.2 Å². The first-order valence-electron chi connectivity index (χ1n) is 7.40. The van der Waals surface area contributed by atoms with Crippen LogP contribution in [-0.4, -0.2) is 23.0 Å². The van der Waals surface area contributed by atoms with E-state index in [1.54, 1.807) is 30.3 Å². The van der Waals surface area contributed by atoms with Crippen LogP contribution in [0.3, 0.4) is 0 Å². The third kappa shape index (κ3) is 3.79. The Labute approximate surface area is 144 Å². The molecule has 2 aromatic carbocycles. The molecule has 0 aliphatic carbocycles. The number of benzene rings is 2. The lowest BCUT2D eigenvalue weighted by molar-refractivity contribution is 0.0600. The SMILES string of the molecule is COC(=O)c1ccc(Oc2nc(C#N)cc(-c3ccccc3)n2)cc1. The molecule has 25 heavy (non-hydrogen) atoms. The van der Waals surface area contributed by atoms with Crippen LogP contribution in [0.25, 0.3) is 11.3 Å². The summed E-state index contributed by atoms with van der Waals surface area (Å²) in [6, 6.07) is 19.5. The number of nitriles is 1. The van der Waals surface area contributed by atoms with E-state index in [1.165, 1.54) is 7.11 Å². The van der Waals surface area contributed by atoms with E-state index < -0.39 is 5.97 Å². The third-order valence-electron chi connectivity index (χ3n) is 3.37. The smallest absolute Gasteiger partial charge is 0.337 e. The lowest BCUT2D eigenvalue weighted by atomic mass is 10.1. The molecule has 0 aliphatic heterocycles. The summed E-state index contributed by atoms with van der Waals surface area (Å²) in [5, 5.41) is 9.18. The van der Waals surface area contributed by atoms with Gasteiger partial charge in [-0.1, -0.05) is 30.3 Å². The summed E-state index contributed by atoms with van der Waals surface area (Å²) in [7, 11) is 1.32. The molecule has 3 rings (SSSR count). The van der Waals surface area contributed by atoms with Crippen molar-refractivity contribution in [3.8, 4) is 29.1 Å². The first kappa shape index (κ1) is 16.1. The van der Waals surface area contributed by atoms with E-state index in [1.807, 2.05) is 36.4 Å². The van der Waals surface area contributed by atoms with Crippen LogP contribution >= 0.6 is 0 Å². The monoisotopic (exact) mass is 331 g/mol. The van der Waals surface area contributed by atoms with Crippen LogP contribution in [0, 0.1) is 11.3 Å². The van der Waals surface area contributed by atoms with Crippen LogP contribution < -0.4 is 4.74 Å². The Morgan fingerprint density at radius 1 is 1.04 bits per heavy atom. The minimum absolute atomic E-state index is 0.0590. The van der Waals surface area contributed by atoms with Crippen LogP contribution in [0.1, 0.15) is 16.1 Å². The predicted molar refractivity (Wildman–Crippen MR) is 90.0 cm³/mol. The Morgan fingerprint density at radius 3 is 2.40 bits per heavy atom. The van der Waals surface area contributed by atoms with E-state index in [0.29, 0.717) is 17.0 Å². The molecule has 0 bridgehead atoms. The number of ether oxygens (including phenoxy) is 2. The molecule has 0 atom stereocenters. The number of esters is 1. The van der Waals surface area contributed by atoms with Crippen molar-refractivity contribution in [2.45, 2.75) is 0 Å². The molecule has 0 saturated carbocycles. The summed E-state index contributed by atoms with van der Waals surface area (Å²) in [5.74, 6) is 0.0161. The maximum Gasteiger partial charge on any atom is 0.337 e. The summed E-state index contributed by atoms with van der Waals surface area (Å²) in [6.07, 6.45) is 0. The minimum Gasteiger partial charge on any atom is -0.465 e. The van der Waals surface area contributed by atoms with E-state index >= 15 is 0 Å². The first-order valence-corrected chi connectivity index (χ1v) is 7.40. The Balaban J connectivity index is 1.90. The summed E-state index contributed by atoms with van der Waals surface area (Å²) < 4.78 is 10.3. The number of methoxy groups -OCH3 is 1. The molecule has 0 spiro atoms. The van der Waals surface area contributed by atoms with Gasteiger partial charge in [0, 0.05) is 11.6 Å². The van der Waals surface area contributed by atoms with Gasteiger partial charge in [-0.15, -0.1) is 0 Å². The first-order chi connectivity index (χ1) is 12.2. The average molecular weight is 331 g/mol. The largest absolute Gasteiger partial charge is 0.465 e. The van der Waals surface area contributed by atoms with Crippen molar-refractivity contribution in [1.29, 1.82) is 5.26 Å². The molecule has 0 fully saturated rings. The Morgan fingerprint density at radius 2 is 1.76 bits per heavy atom. The number of hydrogen-bond donors (Lipinski definition) is 0. The highest BCUT2D eigenvalue weighted by Crippen LogP contribution is 2.23. The van der Waals surface area contributed by atoms with Crippen molar-refractivity contribution in [2.24, 2.45) is 0 Å². The lowest BCUT2D eigenvalue weighted by Gasteiger charge is -2.07. The third-order valence-corrected chi connectivity index (χ3v) is 3.37. The minimum atomic E-state index is -0.430. The maximum absolute atomic E-state index is 11.4. The molecule has 1 aromatic heterocycles. The van der Waals surface area contributed by atoms with Crippen LogP contribution in [0.4, 0.5) is 0 Å². The van der Waals surface area contributed by atoms with Crippen LogP contribution in [0.15, 0.2) is 60.7 Å². The quantitative estimate of drug-likeness (QED) is 0.679. The highest BCUT2D eigenvalue weighted by molar-refractivity contribution is 5.89. The zero-order valence-electron chi connectivity index (χ0n) is 13.3. The van der Waals surface area contributed by atoms with Gasteiger partial charge in [0.05, 0.1) is 18.4 Å². The Bertz CT molecular complexity index is 932. The van der Waals surface area contributed by atoms with Crippen LogP contribution in [0.2, 0.25) is 0 Å². The standard InChI is InChI=1S/C19H13N3O3/c1-24-18(23)14-7-9-16(10-8-14)25-19-21-15(12-20)11-17(22-19)13-5-3-2-4-6-13/h2-11H,1H3. The van der Waals surface area contributed by atoms with E-state index in [2.05, 4.69) is 14.7 Å². The molecular formula is C19H13N3O3. The van der Waals surface area contributed by atoms with Gasteiger partial charge in [0.15, 0.2) is 0 Å². The van der Waals surface area contributed by atoms with Gasteiger partial charge in [-0.3, -0.25) is 0 Å². The fraction of sp³-hybridized carbons (Fsp3) is 0.0526. The summed E-state index contributed by atoms with van der Waals surface area (Å²) >= 11 is 0. The predicted octanol–water partition coefficient (Wildman–Crippen LogP) is 3.59. The maximum atomic E-state index is 11.4. The summed E-state index contributed by atoms with van der Waals surface area (Å²) in [5.41, 5.74) is 2.06. The molecule has 3 aromatic rings. The van der Waals surface area contributed by atoms with Crippen LogP contribution in [0.5, 0.6) is 11.8 Å². The summed E-state index contributed by atoms with van der Waals surface area (Å²) in [6.45, 7) is 0. The van der Waals surface area contributed by atoms with Crippen molar-refractivity contribution < 1.29 is 14.3 Å². The van der Waals surface area contributed by atoms with Gasteiger partial charge in [0.2, 0.25) is 0 Å². The molecule has 0 unspecified atom stereocenters. The van der Waals surface area contributed by atoms with E-state index in [4.69, 9.17) is 4.74 Å². The van der Waals surface area contributed by atoms with Crippen molar-refractivity contribution >= 4 is 5.97 Å². The van der Waals surface area contributed by atoms with Crippen molar-refractivity contribution in [1.82, 2.24) is 9.97 Å². The number of carbonyl (C=O) groups excluding carboxylic acids is 1.